The van der Waals surface area contributed by atoms with E-state index in [2.05, 4.69) is 10.5 Å². The lowest BCUT2D eigenvalue weighted by molar-refractivity contribution is 0.0734. The van der Waals surface area contributed by atoms with E-state index in [1.807, 2.05) is 37.3 Å². The van der Waals surface area contributed by atoms with Crippen molar-refractivity contribution in [3.05, 3.63) is 107 Å². The smallest absolute Gasteiger partial charge is 0.345 e. The van der Waals surface area contributed by atoms with Crippen molar-refractivity contribution < 1.29 is 19.1 Å². The lowest BCUT2D eigenvalue weighted by Crippen LogP contribution is -2.19. The van der Waals surface area contributed by atoms with E-state index in [9.17, 15) is 9.59 Å². The van der Waals surface area contributed by atoms with Crippen LogP contribution in [0.4, 0.5) is 0 Å². The van der Waals surface area contributed by atoms with Gasteiger partial charge in [0.15, 0.2) is 0 Å². The highest BCUT2D eigenvalue weighted by molar-refractivity contribution is 6.33. The van der Waals surface area contributed by atoms with Gasteiger partial charge in [0.25, 0.3) is 5.91 Å². The van der Waals surface area contributed by atoms with Gasteiger partial charge in [0.05, 0.1) is 29.0 Å². The van der Waals surface area contributed by atoms with Crippen molar-refractivity contribution in [3.63, 3.8) is 0 Å². The third-order valence-electron chi connectivity index (χ3n) is 5.02. The van der Waals surface area contributed by atoms with Crippen molar-refractivity contribution in [2.75, 3.05) is 6.61 Å². The lowest BCUT2D eigenvalue weighted by atomic mass is 10.0. The number of hydrogen-bond acceptors (Lipinski definition) is 5. The van der Waals surface area contributed by atoms with Crippen LogP contribution >= 0.6 is 11.6 Å². The molecule has 0 saturated carbocycles. The first-order valence-corrected chi connectivity index (χ1v) is 11.0. The van der Waals surface area contributed by atoms with Crippen molar-refractivity contribution in [2.24, 2.45) is 5.10 Å². The molecule has 0 bridgehead atoms. The van der Waals surface area contributed by atoms with E-state index in [1.54, 1.807) is 54.6 Å². The molecule has 7 heteroatoms. The molecule has 4 rings (SSSR count). The Bertz CT molecular complexity index is 1380. The highest BCUT2D eigenvalue weighted by Crippen LogP contribution is 2.28. The summed E-state index contributed by atoms with van der Waals surface area (Å²) in [5.74, 6) is -0.256. The van der Waals surface area contributed by atoms with Gasteiger partial charge in [-0.2, -0.15) is 5.10 Å². The quantitative estimate of drug-likeness (QED) is 0.158. The summed E-state index contributed by atoms with van der Waals surface area (Å²) in [7, 11) is 0. The fourth-order valence-corrected chi connectivity index (χ4v) is 3.64. The van der Waals surface area contributed by atoms with E-state index >= 15 is 0 Å². The Morgan fingerprint density at radius 2 is 1.59 bits per heavy atom. The molecule has 0 saturated heterocycles. The van der Waals surface area contributed by atoms with Crippen LogP contribution in [0.1, 0.15) is 33.2 Å². The summed E-state index contributed by atoms with van der Waals surface area (Å²) in [6.07, 6.45) is 1.46. The molecule has 170 valence electrons. The van der Waals surface area contributed by atoms with E-state index in [1.165, 1.54) is 6.21 Å². The molecule has 1 amide bonds. The number of hydrazone groups is 1. The first-order chi connectivity index (χ1) is 16.6. The van der Waals surface area contributed by atoms with Crippen LogP contribution in [-0.4, -0.2) is 24.7 Å². The van der Waals surface area contributed by atoms with Crippen molar-refractivity contribution >= 4 is 40.5 Å². The summed E-state index contributed by atoms with van der Waals surface area (Å²) in [4.78, 5) is 25.4. The van der Waals surface area contributed by atoms with Crippen LogP contribution in [0.2, 0.25) is 5.02 Å². The number of carbonyl (C=O) groups is 2. The van der Waals surface area contributed by atoms with E-state index in [0.717, 1.165) is 10.8 Å². The number of rotatable bonds is 7. The Morgan fingerprint density at radius 1 is 0.882 bits per heavy atom. The molecular weight excluding hydrogens is 452 g/mol. The lowest BCUT2D eigenvalue weighted by Gasteiger charge is -2.11. The third-order valence-corrected chi connectivity index (χ3v) is 5.35. The Kier molecular flexibility index (Phi) is 7.20. The molecule has 0 heterocycles. The summed E-state index contributed by atoms with van der Waals surface area (Å²) in [6, 6.07) is 24.7. The van der Waals surface area contributed by atoms with Gasteiger partial charge in [0.2, 0.25) is 0 Å². The second kappa shape index (κ2) is 10.6. The van der Waals surface area contributed by atoms with Crippen LogP contribution in [-0.2, 0) is 0 Å². The summed E-state index contributed by atoms with van der Waals surface area (Å²) >= 11 is 6.15. The molecule has 0 aliphatic carbocycles. The Hall–Kier alpha value is -4.16. The fraction of sp³-hybridized carbons (Fsp3) is 0.0741. The third kappa shape index (κ3) is 5.08. The minimum absolute atomic E-state index is 0.251. The summed E-state index contributed by atoms with van der Waals surface area (Å²) in [5, 5.41) is 6.16. The number of fused-ring (bicyclic) bond motifs is 1. The number of nitrogens with zero attached hydrogens (tertiary/aromatic N) is 1. The molecule has 0 spiro atoms. The first-order valence-electron chi connectivity index (χ1n) is 10.6. The molecule has 0 fully saturated rings. The number of benzene rings is 4. The van der Waals surface area contributed by atoms with Crippen molar-refractivity contribution in [1.82, 2.24) is 5.43 Å². The van der Waals surface area contributed by atoms with Crippen molar-refractivity contribution in [2.45, 2.75) is 6.92 Å². The Balaban J connectivity index is 1.63. The average molecular weight is 473 g/mol. The van der Waals surface area contributed by atoms with Crippen molar-refractivity contribution in [1.29, 1.82) is 0 Å². The fourth-order valence-electron chi connectivity index (χ4n) is 3.43. The summed E-state index contributed by atoms with van der Waals surface area (Å²) in [6.45, 7) is 2.28. The number of halogens is 1. The minimum atomic E-state index is -0.592. The number of hydrogen-bond donors (Lipinski definition) is 1. The molecule has 4 aromatic rings. The van der Waals surface area contributed by atoms with Gasteiger partial charge in [-0.15, -0.1) is 0 Å². The van der Waals surface area contributed by atoms with Gasteiger partial charge in [-0.25, -0.2) is 10.2 Å². The molecule has 6 nitrogen and oxygen atoms in total. The molecule has 0 atom stereocenters. The topological polar surface area (TPSA) is 77.0 Å². The molecule has 0 unspecified atom stereocenters. The van der Waals surface area contributed by atoms with E-state index in [0.29, 0.717) is 28.5 Å². The molecule has 0 radical (unpaired) electrons. The normalized spacial score (nSPS) is 10.9. The number of nitrogens with one attached hydrogen (secondary N) is 1. The van der Waals surface area contributed by atoms with Crippen LogP contribution in [0.25, 0.3) is 10.8 Å². The Morgan fingerprint density at radius 3 is 2.38 bits per heavy atom. The zero-order chi connectivity index (χ0) is 23.9. The summed E-state index contributed by atoms with van der Waals surface area (Å²) in [5.41, 5.74) is 3.68. The maximum absolute atomic E-state index is 12.8. The molecule has 0 aliphatic rings. The van der Waals surface area contributed by atoms with E-state index in [-0.39, 0.29) is 11.3 Å². The van der Waals surface area contributed by atoms with Crippen LogP contribution in [0.15, 0.2) is 90.0 Å². The largest absolute Gasteiger partial charge is 0.493 e. The second-order valence-electron chi connectivity index (χ2n) is 7.20. The second-order valence-corrected chi connectivity index (χ2v) is 7.60. The molecular formula is C27H21ClN2O4. The SMILES string of the molecule is CCOc1ccccc1C(=O)NN=Cc1c(OC(=O)c2ccccc2Cl)ccc2ccccc12. The number of para-hydroxylation sites is 1. The van der Waals surface area contributed by atoms with E-state index < -0.39 is 11.9 Å². The minimum Gasteiger partial charge on any atom is -0.493 e. The maximum Gasteiger partial charge on any atom is 0.345 e. The molecule has 34 heavy (non-hydrogen) atoms. The molecule has 0 aliphatic heterocycles. The average Bonchev–Trinajstić information content (AvgIpc) is 2.85. The van der Waals surface area contributed by atoms with Gasteiger partial charge in [-0.1, -0.05) is 66.2 Å². The zero-order valence-electron chi connectivity index (χ0n) is 18.3. The first kappa shape index (κ1) is 23.0. The highest BCUT2D eigenvalue weighted by Gasteiger charge is 2.16. The molecule has 4 aromatic carbocycles. The van der Waals surface area contributed by atoms with Gasteiger partial charge in [-0.3, -0.25) is 4.79 Å². The zero-order valence-corrected chi connectivity index (χ0v) is 19.1. The Labute approximate surface area is 201 Å². The predicted octanol–water partition coefficient (Wildman–Crippen LogP) is 5.88. The highest BCUT2D eigenvalue weighted by atomic mass is 35.5. The summed E-state index contributed by atoms with van der Waals surface area (Å²) < 4.78 is 11.2. The van der Waals surface area contributed by atoms with Gasteiger partial charge in [0.1, 0.15) is 11.5 Å². The van der Waals surface area contributed by atoms with Gasteiger partial charge >= 0.3 is 5.97 Å². The van der Waals surface area contributed by atoms with Gasteiger partial charge in [0, 0.05) is 5.56 Å². The predicted molar refractivity (Wildman–Crippen MR) is 133 cm³/mol. The van der Waals surface area contributed by atoms with Crippen LogP contribution in [0.3, 0.4) is 0 Å². The standard InChI is InChI=1S/C27H21ClN2O4/c1-2-33-24-14-8-6-12-21(24)26(31)30-29-17-22-19-10-4-3-9-18(19)15-16-25(22)34-27(32)20-11-5-7-13-23(20)28/h3-17H,2H2,1H3,(H,30,31). The van der Waals surface area contributed by atoms with Gasteiger partial charge in [-0.05, 0) is 48.0 Å². The number of ether oxygens (including phenoxy) is 2. The molecule has 1 N–H and O–H groups in total. The number of carbonyl (C=O) groups excluding carboxylic acids is 2. The van der Waals surface area contributed by atoms with Gasteiger partial charge < -0.3 is 9.47 Å². The van der Waals surface area contributed by atoms with Crippen LogP contribution in [0, 0.1) is 0 Å². The molecule has 0 aromatic heterocycles. The van der Waals surface area contributed by atoms with E-state index in [4.69, 9.17) is 21.1 Å². The maximum atomic E-state index is 12.8. The van der Waals surface area contributed by atoms with Crippen molar-refractivity contribution in [3.8, 4) is 11.5 Å². The van der Waals surface area contributed by atoms with Crippen LogP contribution in [0.5, 0.6) is 11.5 Å². The number of amides is 1. The monoisotopic (exact) mass is 472 g/mol. The number of esters is 1. The van der Waals surface area contributed by atoms with Crippen LogP contribution < -0.4 is 14.9 Å².